The molecule has 2 aromatic carbocycles. The number of nitrogens with one attached hydrogen (secondary N) is 1. The number of nitrogens with zero attached hydrogens (tertiary/aromatic N) is 1. The maximum atomic E-state index is 11.7. The number of hydrogen-bond donors (Lipinski definition) is 1. The van der Waals surface area contributed by atoms with Crippen molar-refractivity contribution in [2.45, 2.75) is 6.54 Å². The molecule has 0 atom stereocenters. The SMILES string of the molecule is COC(=O)c1ccc(/C(=N/NCc2ccccc2)c2ccc(OC)cc2)o1. The predicted octanol–water partition coefficient (Wildman–Crippen LogP) is 3.62. The van der Waals surface area contributed by atoms with Gasteiger partial charge < -0.3 is 19.3 Å². The Labute approximate surface area is 157 Å². The van der Waals surface area contributed by atoms with Crippen LogP contribution in [-0.2, 0) is 11.3 Å². The summed E-state index contributed by atoms with van der Waals surface area (Å²) >= 11 is 0. The van der Waals surface area contributed by atoms with Gasteiger partial charge in [0, 0.05) is 5.56 Å². The molecule has 0 bridgehead atoms. The quantitative estimate of drug-likeness (QED) is 0.394. The lowest BCUT2D eigenvalue weighted by atomic mass is 10.1. The predicted molar refractivity (Wildman–Crippen MR) is 102 cm³/mol. The molecule has 0 fully saturated rings. The number of esters is 1. The number of ether oxygens (including phenoxy) is 2. The van der Waals surface area contributed by atoms with Crippen molar-refractivity contribution in [3.63, 3.8) is 0 Å². The summed E-state index contributed by atoms with van der Waals surface area (Å²) in [7, 11) is 2.92. The minimum absolute atomic E-state index is 0.122. The molecule has 6 nitrogen and oxygen atoms in total. The second-order valence-corrected chi connectivity index (χ2v) is 5.66. The first kappa shape index (κ1) is 18.3. The van der Waals surface area contributed by atoms with Crippen LogP contribution in [0, 0.1) is 0 Å². The van der Waals surface area contributed by atoms with Gasteiger partial charge in [0.25, 0.3) is 0 Å². The van der Waals surface area contributed by atoms with Crippen molar-refractivity contribution in [3.05, 3.63) is 89.4 Å². The molecule has 138 valence electrons. The second kappa shape index (κ2) is 8.71. The van der Waals surface area contributed by atoms with E-state index in [-0.39, 0.29) is 5.76 Å². The summed E-state index contributed by atoms with van der Waals surface area (Å²) in [5.74, 6) is 0.788. The summed E-state index contributed by atoms with van der Waals surface area (Å²) in [6.07, 6.45) is 0. The van der Waals surface area contributed by atoms with E-state index >= 15 is 0 Å². The minimum Gasteiger partial charge on any atom is -0.497 e. The molecule has 0 aliphatic rings. The van der Waals surface area contributed by atoms with Crippen molar-refractivity contribution in [2.24, 2.45) is 5.10 Å². The second-order valence-electron chi connectivity index (χ2n) is 5.66. The van der Waals surface area contributed by atoms with Gasteiger partial charge in [-0.15, -0.1) is 0 Å². The lowest BCUT2D eigenvalue weighted by Crippen LogP contribution is -2.12. The van der Waals surface area contributed by atoms with Crippen LogP contribution in [0.3, 0.4) is 0 Å². The maximum Gasteiger partial charge on any atom is 0.373 e. The Hall–Kier alpha value is -3.54. The maximum absolute atomic E-state index is 11.7. The van der Waals surface area contributed by atoms with Gasteiger partial charge in [-0.2, -0.15) is 5.10 Å². The van der Waals surface area contributed by atoms with E-state index in [0.29, 0.717) is 18.0 Å². The standard InChI is InChI=1S/C21H20N2O4/c1-25-17-10-8-16(9-11-17)20(18-12-13-19(27-18)21(24)26-2)23-22-14-15-6-4-3-5-7-15/h3-13,22H,14H2,1-2H3/b23-20+. The van der Waals surface area contributed by atoms with Crippen molar-refractivity contribution in [2.75, 3.05) is 14.2 Å². The summed E-state index contributed by atoms with van der Waals surface area (Å²) in [4.78, 5) is 11.7. The fourth-order valence-corrected chi connectivity index (χ4v) is 2.49. The third-order valence-electron chi connectivity index (χ3n) is 3.91. The molecule has 0 saturated carbocycles. The van der Waals surface area contributed by atoms with Crippen molar-refractivity contribution >= 4 is 11.7 Å². The van der Waals surface area contributed by atoms with E-state index in [1.165, 1.54) is 7.11 Å². The molecular formula is C21H20N2O4. The average Bonchev–Trinajstić information content (AvgIpc) is 3.21. The molecular weight excluding hydrogens is 344 g/mol. The number of carbonyl (C=O) groups is 1. The molecule has 6 heteroatoms. The van der Waals surface area contributed by atoms with Gasteiger partial charge in [0.2, 0.25) is 5.76 Å². The van der Waals surface area contributed by atoms with Gasteiger partial charge in [0.05, 0.1) is 20.8 Å². The number of furan rings is 1. The zero-order chi connectivity index (χ0) is 19.1. The van der Waals surface area contributed by atoms with E-state index in [9.17, 15) is 4.79 Å². The highest BCUT2D eigenvalue weighted by atomic mass is 16.5. The third-order valence-corrected chi connectivity index (χ3v) is 3.91. The Balaban J connectivity index is 1.88. The molecule has 3 rings (SSSR count). The van der Waals surface area contributed by atoms with Crippen LogP contribution >= 0.6 is 0 Å². The van der Waals surface area contributed by atoms with Gasteiger partial charge in [-0.3, -0.25) is 0 Å². The first-order chi connectivity index (χ1) is 13.2. The number of hydrogen-bond acceptors (Lipinski definition) is 6. The fraction of sp³-hybridized carbons (Fsp3) is 0.143. The average molecular weight is 364 g/mol. The number of methoxy groups -OCH3 is 2. The van der Waals surface area contributed by atoms with E-state index in [2.05, 4.69) is 10.5 Å². The molecule has 1 heterocycles. The van der Waals surface area contributed by atoms with Crippen LogP contribution in [0.4, 0.5) is 0 Å². The van der Waals surface area contributed by atoms with Gasteiger partial charge in [0.15, 0.2) is 5.76 Å². The summed E-state index contributed by atoms with van der Waals surface area (Å²) in [5.41, 5.74) is 5.56. The number of rotatable bonds is 7. The largest absolute Gasteiger partial charge is 0.497 e. The lowest BCUT2D eigenvalue weighted by Gasteiger charge is -2.07. The highest BCUT2D eigenvalue weighted by Crippen LogP contribution is 2.18. The smallest absolute Gasteiger partial charge is 0.373 e. The Bertz CT molecular complexity index is 915. The Morgan fingerprint density at radius 2 is 1.67 bits per heavy atom. The molecule has 0 amide bonds. The van der Waals surface area contributed by atoms with Gasteiger partial charge >= 0.3 is 5.97 Å². The van der Waals surface area contributed by atoms with Crippen molar-refractivity contribution in [1.29, 1.82) is 0 Å². The van der Waals surface area contributed by atoms with E-state index in [0.717, 1.165) is 16.9 Å². The highest BCUT2D eigenvalue weighted by molar-refractivity contribution is 6.11. The summed E-state index contributed by atoms with van der Waals surface area (Å²) in [5, 5.41) is 4.49. The Morgan fingerprint density at radius 3 is 2.33 bits per heavy atom. The summed E-state index contributed by atoms with van der Waals surface area (Å²) in [6, 6.07) is 20.6. The lowest BCUT2D eigenvalue weighted by molar-refractivity contribution is 0.0564. The van der Waals surface area contributed by atoms with Crippen molar-refractivity contribution < 1.29 is 18.7 Å². The fourth-order valence-electron chi connectivity index (χ4n) is 2.49. The van der Waals surface area contributed by atoms with Gasteiger partial charge in [-0.25, -0.2) is 4.79 Å². The van der Waals surface area contributed by atoms with Crippen molar-refractivity contribution in [3.8, 4) is 5.75 Å². The summed E-state index contributed by atoms with van der Waals surface area (Å²) < 4.78 is 15.5. The molecule has 27 heavy (non-hydrogen) atoms. The van der Waals surface area contributed by atoms with Crippen LogP contribution in [-0.4, -0.2) is 25.9 Å². The van der Waals surface area contributed by atoms with E-state index < -0.39 is 5.97 Å². The zero-order valence-corrected chi connectivity index (χ0v) is 15.1. The Morgan fingerprint density at radius 1 is 0.963 bits per heavy atom. The molecule has 0 aliphatic carbocycles. The van der Waals surface area contributed by atoms with E-state index in [1.807, 2.05) is 54.6 Å². The van der Waals surface area contributed by atoms with Gasteiger partial charge in [-0.05, 0) is 42.0 Å². The Kier molecular flexibility index (Phi) is 5.89. The van der Waals surface area contributed by atoms with Crippen LogP contribution < -0.4 is 10.2 Å². The van der Waals surface area contributed by atoms with E-state index in [1.54, 1.807) is 19.2 Å². The molecule has 0 radical (unpaired) electrons. The molecule has 1 N–H and O–H groups in total. The normalized spacial score (nSPS) is 11.1. The van der Waals surface area contributed by atoms with Crippen LogP contribution in [0.15, 0.2) is 76.2 Å². The van der Waals surface area contributed by atoms with Crippen LogP contribution in [0.2, 0.25) is 0 Å². The van der Waals surface area contributed by atoms with Crippen molar-refractivity contribution in [1.82, 2.24) is 5.43 Å². The molecule has 0 saturated heterocycles. The van der Waals surface area contributed by atoms with Gasteiger partial charge in [-0.1, -0.05) is 30.3 Å². The molecule has 3 aromatic rings. The first-order valence-electron chi connectivity index (χ1n) is 8.38. The van der Waals surface area contributed by atoms with Crippen LogP contribution in [0.1, 0.15) is 27.4 Å². The van der Waals surface area contributed by atoms with Crippen LogP contribution in [0.5, 0.6) is 5.75 Å². The molecule has 0 spiro atoms. The number of benzene rings is 2. The minimum atomic E-state index is -0.535. The number of hydrazone groups is 1. The van der Waals surface area contributed by atoms with Gasteiger partial charge in [0.1, 0.15) is 11.5 Å². The third kappa shape index (κ3) is 4.55. The summed E-state index contributed by atoms with van der Waals surface area (Å²) in [6.45, 7) is 0.561. The zero-order valence-electron chi connectivity index (χ0n) is 15.1. The van der Waals surface area contributed by atoms with Crippen LogP contribution in [0.25, 0.3) is 0 Å². The first-order valence-corrected chi connectivity index (χ1v) is 8.38. The molecule has 1 aromatic heterocycles. The monoisotopic (exact) mass is 364 g/mol. The topological polar surface area (TPSA) is 73.1 Å². The highest BCUT2D eigenvalue weighted by Gasteiger charge is 2.16. The molecule has 0 aliphatic heterocycles. The molecule has 0 unspecified atom stereocenters. The van der Waals surface area contributed by atoms with E-state index in [4.69, 9.17) is 13.9 Å². The number of carbonyl (C=O) groups excluding carboxylic acids is 1.